The van der Waals surface area contributed by atoms with Gasteiger partial charge in [0.1, 0.15) is 5.56 Å². The molecule has 1 aromatic rings. The molecule has 0 spiro atoms. The highest BCUT2D eigenvalue weighted by molar-refractivity contribution is 5.88. The molecule has 0 saturated carbocycles. The molecule has 0 radical (unpaired) electrons. The minimum atomic E-state index is -0.920. The molecule has 1 saturated heterocycles. The van der Waals surface area contributed by atoms with E-state index >= 15 is 0 Å². The molecule has 1 N–H and O–H groups in total. The van der Waals surface area contributed by atoms with Crippen molar-refractivity contribution < 1.29 is 14.6 Å². The van der Waals surface area contributed by atoms with E-state index < -0.39 is 5.97 Å². The van der Waals surface area contributed by atoms with Gasteiger partial charge < -0.3 is 9.84 Å². The Bertz CT molecular complexity index is 438. The lowest BCUT2D eigenvalue weighted by molar-refractivity contribution is 0.0679. The first-order valence-electron chi connectivity index (χ1n) is 6.70. The van der Waals surface area contributed by atoms with Crippen LogP contribution in [0.25, 0.3) is 0 Å². The van der Waals surface area contributed by atoms with Crippen LogP contribution in [0.4, 0.5) is 0 Å². The Morgan fingerprint density at radius 2 is 2.47 bits per heavy atom. The third kappa shape index (κ3) is 3.33. The predicted octanol–water partition coefficient (Wildman–Crippen LogP) is 1.12. The predicted molar refractivity (Wildman–Crippen MR) is 70.1 cm³/mol. The van der Waals surface area contributed by atoms with Gasteiger partial charge in [0.25, 0.3) is 0 Å². The highest BCUT2D eigenvalue weighted by Gasteiger charge is 2.21. The Hall–Kier alpha value is -1.40. The molecule has 1 aliphatic rings. The van der Waals surface area contributed by atoms with Gasteiger partial charge >= 0.3 is 5.97 Å². The summed E-state index contributed by atoms with van der Waals surface area (Å²) in [5.74, 6) is -0.920. The van der Waals surface area contributed by atoms with Gasteiger partial charge in [-0.1, -0.05) is 6.92 Å². The van der Waals surface area contributed by atoms with Crippen LogP contribution in [-0.4, -0.2) is 51.6 Å². The van der Waals surface area contributed by atoms with Crippen LogP contribution < -0.4 is 0 Å². The molecule has 1 unspecified atom stereocenters. The van der Waals surface area contributed by atoms with Gasteiger partial charge in [0, 0.05) is 26.7 Å². The van der Waals surface area contributed by atoms with Crippen LogP contribution in [-0.2, 0) is 18.3 Å². The molecule has 2 heterocycles. The summed E-state index contributed by atoms with van der Waals surface area (Å²) in [6.45, 7) is 5.22. The van der Waals surface area contributed by atoms with Crippen molar-refractivity contribution in [2.24, 2.45) is 7.05 Å². The number of nitrogens with zero attached hydrogens (tertiary/aromatic N) is 3. The first-order valence-corrected chi connectivity index (χ1v) is 6.70. The molecule has 0 aliphatic carbocycles. The summed E-state index contributed by atoms with van der Waals surface area (Å²) in [5.41, 5.74) is 1.03. The second-order valence-corrected chi connectivity index (χ2v) is 4.90. The Labute approximate surface area is 113 Å². The zero-order chi connectivity index (χ0) is 13.8. The van der Waals surface area contributed by atoms with Crippen LogP contribution in [0.1, 0.15) is 35.8 Å². The average molecular weight is 267 g/mol. The normalized spacial score (nSPS) is 19.2. The number of carboxylic acids is 1. The molecule has 6 nitrogen and oxygen atoms in total. The van der Waals surface area contributed by atoms with E-state index in [1.54, 1.807) is 11.7 Å². The molecule has 6 heteroatoms. The zero-order valence-corrected chi connectivity index (χ0v) is 11.5. The summed E-state index contributed by atoms with van der Waals surface area (Å²) in [5, 5.41) is 13.2. The second-order valence-electron chi connectivity index (χ2n) is 4.90. The van der Waals surface area contributed by atoms with Crippen molar-refractivity contribution >= 4 is 5.97 Å². The van der Waals surface area contributed by atoms with Crippen molar-refractivity contribution in [1.82, 2.24) is 14.7 Å². The van der Waals surface area contributed by atoms with Crippen LogP contribution >= 0.6 is 0 Å². The Morgan fingerprint density at radius 3 is 3.05 bits per heavy atom. The van der Waals surface area contributed by atoms with Crippen LogP contribution in [0.2, 0.25) is 0 Å². The first kappa shape index (κ1) is 14.0. The second kappa shape index (κ2) is 6.16. The van der Waals surface area contributed by atoms with Crippen molar-refractivity contribution in [3.63, 3.8) is 0 Å². The number of ether oxygens (including phenoxy) is 1. The maximum absolute atomic E-state index is 11.2. The number of rotatable bonds is 6. The van der Waals surface area contributed by atoms with E-state index in [-0.39, 0.29) is 11.7 Å². The summed E-state index contributed by atoms with van der Waals surface area (Å²) in [6, 6.07) is 0. The number of aryl methyl sites for hydroxylation is 1. The summed E-state index contributed by atoms with van der Waals surface area (Å²) in [4.78, 5) is 13.4. The van der Waals surface area contributed by atoms with Gasteiger partial charge in [-0.15, -0.1) is 0 Å². The number of hydrogen-bond acceptors (Lipinski definition) is 4. The fourth-order valence-electron chi connectivity index (χ4n) is 2.42. The minimum absolute atomic E-state index is 0.279. The highest BCUT2D eigenvalue weighted by Crippen LogP contribution is 2.16. The Kier molecular flexibility index (Phi) is 4.55. The summed E-state index contributed by atoms with van der Waals surface area (Å²) < 4.78 is 7.27. The van der Waals surface area contributed by atoms with Gasteiger partial charge in [-0.2, -0.15) is 5.10 Å². The lowest BCUT2D eigenvalue weighted by Crippen LogP contribution is -2.32. The lowest BCUT2D eigenvalue weighted by Gasteiger charge is -2.23. The van der Waals surface area contributed by atoms with Crippen molar-refractivity contribution in [3.05, 3.63) is 17.5 Å². The molecule has 0 amide bonds. The number of aromatic carboxylic acids is 1. The maximum atomic E-state index is 11.2. The average Bonchev–Trinajstić information content (AvgIpc) is 2.99. The van der Waals surface area contributed by atoms with E-state index in [0.29, 0.717) is 6.54 Å². The van der Waals surface area contributed by atoms with E-state index in [4.69, 9.17) is 9.84 Å². The summed E-state index contributed by atoms with van der Waals surface area (Å²) in [6.07, 6.45) is 3.90. The molecule has 1 fully saturated rings. The third-order valence-corrected chi connectivity index (χ3v) is 3.60. The summed E-state index contributed by atoms with van der Waals surface area (Å²) >= 11 is 0. The largest absolute Gasteiger partial charge is 0.478 e. The summed E-state index contributed by atoms with van der Waals surface area (Å²) in [7, 11) is 1.78. The van der Waals surface area contributed by atoms with Crippen molar-refractivity contribution in [2.45, 2.75) is 32.4 Å². The molecule has 1 atom stereocenters. The first-order chi connectivity index (χ1) is 9.11. The molecule has 106 valence electrons. The zero-order valence-electron chi connectivity index (χ0n) is 11.5. The topological polar surface area (TPSA) is 67.6 Å². The third-order valence-electron chi connectivity index (χ3n) is 3.60. The smallest absolute Gasteiger partial charge is 0.339 e. The lowest BCUT2D eigenvalue weighted by atomic mass is 10.2. The van der Waals surface area contributed by atoms with Gasteiger partial charge in [-0.3, -0.25) is 9.58 Å². The molecule has 0 bridgehead atoms. The molecule has 1 aliphatic heterocycles. The van der Waals surface area contributed by atoms with Gasteiger partial charge in [0.2, 0.25) is 0 Å². The monoisotopic (exact) mass is 267 g/mol. The van der Waals surface area contributed by atoms with Crippen LogP contribution in [0.3, 0.4) is 0 Å². The van der Waals surface area contributed by atoms with Gasteiger partial charge in [0.05, 0.1) is 18.0 Å². The van der Waals surface area contributed by atoms with Gasteiger partial charge in [0.15, 0.2) is 0 Å². The van der Waals surface area contributed by atoms with Crippen LogP contribution in [0.15, 0.2) is 6.20 Å². The molecule has 0 aromatic carbocycles. The Morgan fingerprint density at radius 1 is 1.68 bits per heavy atom. The van der Waals surface area contributed by atoms with E-state index in [1.807, 2.05) is 0 Å². The minimum Gasteiger partial charge on any atom is -0.478 e. The molecular formula is C13H21N3O3. The van der Waals surface area contributed by atoms with Crippen molar-refractivity contribution in [1.29, 1.82) is 0 Å². The number of aromatic nitrogens is 2. The van der Waals surface area contributed by atoms with E-state index in [0.717, 1.165) is 38.2 Å². The molecular weight excluding hydrogens is 246 g/mol. The number of hydrogen-bond donors (Lipinski definition) is 1. The van der Waals surface area contributed by atoms with E-state index in [9.17, 15) is 4.79 Å². The van der Waals surface area contributed by atoms with Crippen LogP contribution in [0, 0.1) is 0 Å². The van der Waals surface area contributed by atoms with Crippen molar-refractivity contribution in [3.8, 4) is 0 Å². The molecule has 1 aromatic heterocycles. The fraction of sp³-hybridized carbons (Fsp3) is 0.692. The maximum Gasteiger partial charge on any atom is 0.339 e. The van der Waals surface area contributed by atoms with E-state index in [2.05, 4.69) is 16.9 Å². The van der Waals surface area contributed by atoms with Gasteiger partial charge in [-0.05, 0) is 19.4 Å². The molecule has 19 heavy (non-hydrogen) atoms. The standard InChI is InChI=1S/C13H21N3O3/c1-3-16(8-10-5-4-6-19-10)9-12-11(13(17)18)7-14-15(12)2/h7,10H,3-6,8-9H2,1-2H3,(H,17,18). The highest BCUT2D eigenvalue weighted by atomic mass is 16.5. The Balaban J connectivity index is 2.04. The number of likely N-dealkylation sites (N-methyl/N-ethyl adjacent to an activating group) is 1. The molecule has 2 rings (SSSR count). The fourth-order valence-corrected chi connectivity index (χ4v) is 2.42. The van der Waals surface area contributed by atoms with E-state index in [1.165, 1.54) is 6.20 Å². The number of carboxylic acid groups (broad SMARTS) is 1. The van der Waals surface area contributed by atoms with Crippen LogP contribution in [0.5, 0.6) is 0 Å². The van der Waals surface area contributed by atoms with Gasteiger partial charge in [-0.25, -0.2) is 4.79 Å². The van der Waals surface area contributed by atoms with Crippen molar-refractivity contribution in [2.75, 3.05) is 19.7 Å². The quantitative estimate of drug-likeness (QED) is 0.836. The number of carbonyl (C=O) groups is 1. The SMILES string of the molecule is CCN(Cc1c(C(=O)O)cnn1C)CC1CCCO1.